The molecule has 0 radical (unpaired) electrons. The summed E-state index contributed by atoms with van der Waals surface area (Å²) in [5, 5.41) is 13.3. The van der Waals surface area contributed by atoms with Gasteiger partial charge in [0.1, 0.15) is 0 Å². The predicted molar refractivity (Wildman–Crippen MR) is 59.6 cm³/mol. The minimum atomic E-state index is -0.942. The molecule has 16 heavy (non-hydrogen) atoms. The Hall–Kier alpha value is -1.43. The Kier molecular flexibility index (Phi) is 2.00. The van der Waals surface area contributed by atoms with Crippen LogP contribution in [0.1, 0.15) is 34.8 Å². The number of carboxylic acid groups (broad SMARTS) is 1. The number of hydrogen-bond donors (Lipinski definition) is 1. The maximum absolute atomic E-state index is 11.1. The molecule has 0 spiro atoms. The topological polar surface area (TPSA) is 67.5 Å². The Morgan fingerprint density at radius 1 is 1.50 bits per heavy atom. The molecule has 0 atom stereocenters. The van der Waals surface area contributed by atoms with Crippen LogP contribution >= 0.6 is 15.9 Å². The molecule has 1 aliphatic carbocycles. The van der Waals surface area contributed by atoms with E-state index < -0.39 is 5.97 Å². The molecular weight excluding hydrogens is 274 g/mol. The second-order valence-corrected chi connectivity index (χ2v) is 4.72. The molecule has 2 aromatic heterocycles. The van der Waals surface area contributed by atoms with E-state index in [0.29, 0.717) is 11.6 Å². The normalized spacial score (nSPS) is 15.6. The number of fused-ring (bicyclic) bond motifs is 1. The van der Waals surface area contributed by atoms with E-state index in [4.69, 9.17) is 5.11 Å². The first kappa shape index (κ1) is 9.77. The van der Waals surface area contributed by atoms with Gasteiger partial charge in [-0.1, -0.05) is 0 Å². The summed E-state index contributed by atoms with van der Waals surface area (Å²) < 4.78 is 2.41. The number of halogens is 1. The average molecular weight is 282 g/mol. The number of carbonyl (C=O) groups is 1. The molecule has 0 aliphatic heterocycles. The zero-order chi connectivity index (χ0) is 11.3. The molecule has 0 unspecified atom stereocenters. The van der Waals surface area contributed by atoms with Crippen LogP contribution in [-0.4, -0.2) is 25.7 Å². The number of nitrogens with zero attached hydrogens (tertiary/aromatic N) is 3. The molecule has 6 heteroatoms. The summed E-state index contributed by atoms with van der Waals surface area (Å²) in [6.07, 6.45) is 5.10. The Labute approximate surface area is 99.2 Å². The average Bonchev–Trinajstić information content (AvgIpc) is 3.02. The number of aromatic carboxylic acids is 1. The molecule has 0 bridgehead atoms. The van der Waals surface area contributed by atoms with Crippen molar-refractivity contribution in [3.8, 4) is 0 Å². The lowest BCUT2D eigenvalue weighted by Gasteiger charge is -2.06. The molecule has 2 heterocycles. The Morgan fingerprint density at radius 3 is 2.88 bits per heavy atom. The molecule has 1 aliphatic rings. The molecule has 2 aromatic rings. The highest BCUT2D eigenvalue weighted by Crippen LogP contribution is 2.41. The van der Waals surface area contributed by atoms with Crippen LogP contribution in [-0.2, 0) is 0 Å². The Bertz CT molecular complexity index is 589. The van der Waals surface area contributed by atoms with Crippen molar-refractivity contribution in [1.82, 2.24) is 14.6 Å². The summed E-state index contributed by atoms with van der Waals surface area (Å²) in [6, 6.07) is 0. The van der Waals surface area contributed by atoms with Crippen molar-refractivity contribution in [2.75, 3.05) is 0 Å². The lowest BCUT2D eigenvalue weighted by molar-refractivity contribution is 0.0694. The van der Waals surface area contributed by atoms with Gasteiger partial charge in [-0.15, -0.1) is 0 Å². The van der Waals surface area contributed by atoms with Crippen molar-refractivity contribution >= 4 is 27.5 Å². The van der Waals surface area contributed by atoms with E-state index in [1.165, 1.54) is 6.20 Å². The van der Waals surface area contributed by atoms with Gasteiger partial charge in [0, 0.05) is 12.1 Å². The van der Waals surface area contributed by atoms with Crippen molar-refractivity contribution in [3.05, 3.63) is 28.1 Å². The first-order chi connectivity index (χ1) is 7.68. The largest absolute Gasteiger partial charge is 0.478 e. The highest BCUT2D eigenvalue weighted by molar-refractivity contribution is 9.10. The molecule has 1 N–H and O–H groups in total. The molecule has 82 valence electrons. The third-order valence-corrected chi connectivity index (χ3v) is 3.27. The highest BCUT2D eigenvalue weighted by Gasteiger charge is 2.31. The van der Waals surface area contributed by atoms with Crippen LogP contribution in [0.3, 0.4) is 0 Å². The van der Waals surface area contributed by atoms with Gasteiger partial charge in [0.05, 0.1) is 21.9 Å². The van der Waals surface area contributed by atoms with Crippen LogP contribution in [0, 0.1) is 0 Å². The summed E-state index contributed by atoms with van der Waals surface area (Å²) >= 11 is 3.34. The second-order valence-electron chi connectivity index (χ2n) is 3.86. The third-order valence-electron chi connectivity index (χ3n) is 2.72. The van der Waals surface area contributed by atoms with Gasteiger partial charge in [-0.3, -0.25) is 0 Å². The fourth-order valence-electron chi connectivity index (χ4n) is 1.83. The van der Waals surface area contributed by atoms with E-state index in [1.807, 2.05) is 0 Å². The lowest BCUT2D eigenvalue weighted by Crippen LogP contribution is -2.09. The zero-order valence-electron chi connectivity index (χ0n) is 8.22. The number of aromatic nitrogens is 3. The van der Waals surface area contributed by atoms with Gasteiger partial charge in [-0.2, -0.15) is 5.10 Å². The summed E-state index contributed by atoms with van der Waals surface area (Å²) in [6.45, 7) is 0. The fourth-order valence-corrected chi connectivity index (χ4v) is 2.20. The highest BCUT2D eigenvalue weighted by atomic mass is 79.9. The maximum Gasteiger partial charge on any atom is 0.339 e. The standard InChI is InChI=1S/C10H8BrN3O2/c11-7-4-13-14-8(5-1-2-5)6(10(15)16)3-12-9(7)14/h3-5H,1-2H2,(H,15,16). The number of rotatable bonds is 2. The van der Waals surface area contributed by atoms with E-state index >= 15 is 0 Å². The Balaban J connectivity index is 2.35. The van der Waals surface area contributed by atoms with Crippen molar-refractivity contribution in [2.45, 2.75) is 18.8 Å². The molecule has 1 saturated carbocycles. The molecule has 0 amide bonds. The smallest absolute Gasteiger partial charge is 0.339 e. The van der Waals surface area contributed by atoms with Crippen molar-refractivity contribution < 1.29 is 9.90 Å². The minimum absolute atomic E-state index is 0.255. The van der Waals surface area contributed by atoms with E-state index in [9.17, 15) is 4.79 Å². The van der Waals surface area contributed by atoms with Crippen LogP contribution in [0.15, 0.2) is 16.9 Å². The molecule has 1 fully saturated rings. The molecular formula is C10H8BrN3O2. The molecule has 0 saturated heterocycles. The zero-order valence-corrected chi connectivity index (χ0v) is 9.81. The monoisotopic (exact) mass is 281 g/mol. The quantitative estimate of drug-likeness (QED) is 0.915. The van der Waals surface area contributed by atoms with Crippen LogP contribution in [0.4, 0.5) is 0 Å². The first-order valence-electron chi connectivity index (χ1n) is 4.94. The van der Waals surface area contributed by atoms with E-state index in [1.54, 1.807) is 10.7 Å². The summed E-state index contributed by atoms with van der Waals surface area (Å²) in [5.41, 5.74) is 1.70. The summed E-state index contributed by atoms with van der Waals surface area (Å²) in [7, 11) is 0. The third kappa shape index (κ3) is 1.33. The maximum atomic E-state index is 11.1. The van der Waals surface area contributed by atoms with E-state index in [-0.39, 0.29) is 5.56 Å². The molecule has 5 nitrogen and oxygen atoms in total. The lowest BCUT2D eigenvalue weighted by atomic mass is 10.1. The molecule has 3 rings (SSSR count). The number of carboxylic acids is 1. The van der Waals surface area contributed by atoms with Gasteiger partial charge >= 0.3 is 5.97 Å². The van der Waals surface area contributed by atoms with Crippen molar-refractivity contribution in [3.63, 3.8) is 0 Å². The number of hydrogen-bond acceptors (Lipinski definition) is 3. The van der Waals surface area contributed by atoms with Crippen LogP contribution in [0.2, 0.25) is 0 Å². The van der Waals surface area contributed by atoms with Gasteiger partial charge < -0.3 is 5.11 Å². The van der Waals surface area contributed by atoms with Gasteiger partial charge in [0.2, 0.25) is 0 Å². The summed E-state index contributed by atoms with van der Waals surface area (Å²) in [4.78, 5) is 15.2. The van der Waals surface area contributed by atoms with E-state index in [2.05, 4.69) is 26.0 Å². The van der Waals surface area contributed by atoms with Gasteiger partial charge in [0.25, 0.3) is 0 Å². The van der Waals surface area contributed by atoms with Crippen LogP contribution in [0.25, 0.3) is 5.65 Å². The van der Waals surface area contributed by atoms with Crippen LogP contribution in [0.5, 0.6) is 0 Å². The van der Waals surface area contributed by atoms with Crippen molar-refractivity contribution in [2.24, 2.45) is 0 Å². The van der Waals surface area contributed by atoms with E-state index in [0.717, 1.165) is 23.0 Å². The van der Waals surface area contributed by atoms with Gasteiger partial charge in [-0.05, 0) is 28.8 Å². The van der Waals surface area contributed by atoms with Gasteiger partial charge in [-0.25, -0.2) is 14.3 Å². The minimum Gasteiger partial charge on any atom is -0.478 e. The summed E-state index contributed by atoms with van der Waals surface area (Å²) in [5.74, 6) is -0.633. The SMILES string of the molecule is O=C(O)c1cnc2c(Br)cnn2c1C1CC1. The Morgan fingerprint density at radius 2 is 2.25 bits per heavy atom. The van der Waals surface area contributed by atoms with Crippen molar-refractivity contribution in [1.29, 1.82) is 0 Å². The van der Waals surface area contributed by atoms with Crippen LogP contribution < -0.4 is 0 Å². The fraction of sp³-hybridized carbons (Fsp3) is 0.300. The first-order valence-corrected chi connectivity index (χ1v) is 5.73. The van der Waals surface area contributed by atoms with Gasteiger partial charge in [0.15, 0.2) is 5.65 Å². The second kappa shape index (κ2) is 3.28. The predicted octanol–water partition coefficient (Wildman–Crippen LogP) is 2.07. The molecule has 0 aromatic carbocycles.